The van der Waals surface area contributed by atoms with Crippen molar-refractivity contribution in [3.8, 4) is 16.9 Å². The van der Waals surface area contributed by atoms with Gasteiger partial charge in [0.05, 0.1) is 24.9 Å². The Morgan fingerprint density at radius 3 is 2.55 bits per heavy atom. The molecule has 2 fully saturated rings. The molecule has 0 bridgehead atoms. The number of carbonyl (C=O) groups excluding carboxylic acids is 1. The lowest BCUT2D eigenvalue weighted by molar-refractivity contribution is -0.510. The van der Waals surface area contributed by atoms with Crippen molar-refractivity contribution in [3.05, 3.63) is 77.1 Å². The van der Waals surface area contributed by atoms with Gasteiger partial charge in [-0.2, -0.15) is 0 Å². The summed E-state index contributed by atoms with van der Waals surface area (Å²) in [5.74, 6) is -6.90. The van der Waals surface area contributed by atoms with E-state index in [9.17, 15) is 30.3 Å². The molecule has 1 atom stereocenters. The molecule has 2 aliphatic rings. The summed E-state index contributed by atoms with van der Waals surface area (Å²) in [7, 11) is 0. The average Bonchev–Trinajstić information content (AvgIpc) is 4.06. The minimum Gasteiger partial charge on any atom is -0.490 e. The van der Waals surface area contributed by atoms with E-state index in [1.807, 2.05) is 49.5 Å². The lowest BCUT2D eigenvalue weighted by Gasteiger charge is -2.42. The van der Waals surface area contributed by atoms with Crippen LogP contribution >= 0.6 is 23.4 Å². The molecule has 5 rings (SSSR count). The van der Waals surface area contributed by atoms with Gasteiger partial charge in [0.2, 0.25) is 5.91 Å². The monoisotopic (exact) mass is 746 g/mol. The highest BCUT2D eigenvalue weighted by molar-refractivity contribution is 7.99. The summed E-state index contributed by atoms with van der Waals surface area (Å²) in [5, 5.41) is 61.0. The number of halogens is 1. The maximum atomic E-state index is 13.0. The first kappa shape index (κ1) is 39.4. The zero-order valence-electron chi connectivity index (χ0n) is 28.6. The average molecular weight is 747 g/mol. The molecule has 0 aliphatic heterocycles. The van der Waals surface area contributed by atoms with Crippen molar-refractivity contribution < 1.29 is 49.6 Å². The van der Waals surface area contributed by atoms with Crippen LogP contribution in [0.3, 0.4) is 0 Å². The van der Waals surface area contributed by atoms with Gasteiger partial charge < -0.3 is 40.1 Å². The number of carbonyl (C=O) groups is 1. The van der Waals surface area contributed by atoms with E-state index in [0.717, 1.165) is 65.0 Å². The van der Waals surface area contributed by atoms with E-state index in [2.05, 4.69) is 15.8 Å². The SMILES string of the molecule is CCCCCC(=O)N(CCCSc1ccc(Cl)c(COC2(c3cnccc3-c3ccccc3OC3CC3)CC2)c1)C(O)(O)C(O)(O)OC(O)CO. The summed E-state index contributed by atoms with van der Waals surface area (Å²) in [6.45, 7) is 0.874. The van der Waals surface area contributed by atoms with Gasteiger partial charge in [0.1, 0.15) is 5.75 Å². The van der Waals surface area contributed by atoms with E-state index in [1.165, 1.54) is 11.8 Å². The van der Waals surface area contributed by atoms with Gasteiger partial charge in [0.15, 0.2) is 6.29 Å². The Morgan fingerprint density at radius 2 is 1.84 bits per heavy atom. The normalized spacial score (nSPS) is 16.2. The molecule has 0 spiro atoms. The van der Waals surface area contributed by atoms with E-state index in [1.54, 1.807) is 12.3 Å². The van der Waals surface area contributed by atoms with Crippen LogP contribution in [0.25, 0.3) is 11.1 Å². The van der Waals surface area contributed by atoms with Crippen molar-refractivity contribution in [2.75, 3.05) is 18.9 Å². The van der Waals surface area contributed by atoms with Gasteiger partial charge in [-0.15, -0.1) is 11.8 Å². The molecular formula is C37H47ClN2O10S. The Balaban J connectivity index is 1.23. The molecule has 12 nitrogen and oxygen atoms in total. The fraction of sp³-hybridized carbons (Fsp3) is 0.514. The number of ether oxygens (including phenoxy) is 3. The number of aliphatic hydroxyl groups is 6. The van der Waals surface area contributed by atoms with Crippen LogP contribution in [0, 0.1) is 0 Å². The Bertz CT molecular complexity index is 1620. The number of hydrogen-bond donors (Lipinski definition) is 6. The van der Waals surface area contributed by atoms with Gasteiger partial charge in [-0.25, -0.2) is 0 Å². The highest BCUT2D eigenvalue weighted by atomic mass is 35.5. The molecule has 2 aromatic carbocycles. The predicted molar refractivity (Wildman–Crippen MR) is 190 cm³/mol. The third-order valence-electron chi connectivity index (χ3n) is 8.89. The Kier molecular flexibility index (Phi) is 13.4. The smallest absolute Gasteiger partial charge is 0.360 e. The molecule has 0 saturated heterocycles. The summed E-state index contributed by atoms with van der Waals surface area (Å²) >= 11 is 8.05. The summed E-state index contributed by atoms with van der Waals surface area (Å²) in [6, 6.07) is 15.6. The highest BCUT2D eigenvalue weighted by Crippen LogP contribution is 2.53. The first-order valence-electron chi connectivity index (χ1n) is 17.3. The van der Waals surface area contributed by atoms with Gasteiger partial charge in [-0.3, -0.25) is 19.4 Å². The lowest BCUT2D eigenvalue weighted by Crippen LogP contribution is -2.68. The molecule has 2 aliphatic carbocycles. The minimum atomic E-state index is -3.79. The molecule has 0 radical (unpaired) electrons. The third kappa shape index (κ3) is 9.99. The maximum Gasteiger partial charge on any atom is 0.360 e. The van der Waals surface area contributed by atoms with Crippen LogP contribution in [0.5, 0.6) is 5.75 Å². The van der Waals surface area contributed by atoms with E-state index in [0.29, 0.717) is 28.5 Å². The molecule has 2 saturated carbocycles. The predicted octanol–water partition coefficient (Wildman–Crippen LogP) is 4.64. The van der Waals surface area contributed by atoms with Crippen molar-refractivity contribution in [2.45, 2.75) is 106 Å². The molecule has 1 heterocycles. The van der Waals surface area contributed by atoms with E-state index in [4.69, 9.17) is 26.2 Å². The second-order valence-corrected chi connectivity index (χ2v) is 14.5. The molecule has 1 unspecified atom stereocenters. The second-order valence-electron chi connectivity index (χ2n) is 13.0. The fourth-order valence-corrected chi connectivity index (χ4v) is 6.80. The molecule has 1 amide bonds. The zero-order chi connectivity index (χ0) is 36.6. The Labute approximate surface area is 307 Å². The van der Waals surface area contributed by atoms with E-state index < -0.39 is 36.3 Å². The lowest BCUT2D eigenvalue weighted by atomic mass is 9.96. The van der Waals surface area contributed by atoms with Crippen molar-refractivity contribution in [1.82, 2.24) is 9.88 Å². The number of rotatable bonds is 21. The molecule has 3 aromatic rings. The molecular weight excluding hydrogens is 700 g/mol. The summed E-state index contributed by atoms with van der Waals surface area (Å²) in [4.78, 5) is 18.8. The number of benzene rings is 2. The fourth-order valence-electron chi connectivity index (χ4n) is 5.73. The summed E-state index contributed by atoms with van der Waals surface area (Å²) < 4.78 is 17.2. The Hall–Kier alpha value is -2.82. The van der Waals surface area contributed by atoms with Crippen LogP contribution in [0.1, 0.15) is 75.8 Å². The van der Waals surface area contributed by atoms with Gasteiger partial charge in [-0.1, -0.05) is 49.6 Å². The van der Waals surface area contributed by atoms with Crippen LogP contribution in [0.4, 0.5) is 0 Å². The number of nitrogens with zero attached hydrogens (tertiary/aromatic N) is 2. The first-order valence-corrected chi connectivity index (χ1v) is 18.7. The van der Waals surface area contributed by atoms with Gasteiger partial charge >= 0.3 is 11.9 Å². The van der Waals surface area contributed by atoms with Crippen LogP contribution < -0.4 is 4.74 Å². The first-order chi connectivity index (χ1) is 24.4. The van der Waals surface area contributed by atoms with Crippen LogP contribution in [0.2, 0.25) is 5.02 Å². The van der Waals surface area contributed by atoms with E-state index in [-0.39, 0.29) is 32.1 Å². The standard InChI is InChI=1S/C37H47ClN2O10S/c1-2-3-4-10-33(42)40(36(44,45)37(46,47)50-34(43)23-41)19-7-20-51-27-13-14-31(38)25(21-27)24-48-35(16-17-35)30-22-39-18-15-28(30)29-8-5-6-9-32(29)49-26-11-12-26/h5-6,8-9,13-15,18,21-22,26,34,41,43-47H,2-4,7,10-12,16-17,19-20,23-24H2,1H3. The van der Waals surface area contributed by atoms with Crippen LogP contribution in [-0.4, -0.2) is 89.6 Å². The third-order valence-corrected chi connectivity index (χ3v) is 10.3. The highest BCUT2D eigenvalue weighted by Gasteiger charge is 2.56. The number of hydrogen-bond acceptors (Lipinski definition) is 12. The van der Waals surface area contributed by atoms with Gasteiger partial charge in [-0.05, 0) is 85.7 Å². The number of amides is 1. The number of thioether (sulfide) groups is 1. The Morgan fingerprint density at radius 1 is 1.08 bits per heavy atom. The molecule has 1 aromatic heterocycles. The molecule has 6 N–H and O–H groups in total. The molecule has 278 valence electrons. The number of aromatic nitrogens is 1. The summed E-state index contributed by atoms with van der Waals surface area (Å²) in [6.07, 6.45) is 7.67. The number of unbranched alkanes of at least 4 members (excludes halogenated alkanes) is 2. The quantitative estimate of drug-likeness (QED) is 0.0506. The number of pyridine rings is 1. The number of aliphatic hydroxyl groups excluding tert-OH is 2. The van der Waals surface area contributed by atoms with Crippen molar-refractivity contribution in [3.63, 3.8) is 0 Å². The zero-order valence-corrected chi connectivity index (χ0v) is 30.2. The number of para-hydroxylation sites is 1. The maximum absolute atomic E-state index is 13.0. The summed E-state index contributed by atoms with van der Waals surface area (Å²) in [5.41, 5.74) is 3.31. The van der Waals surface area contributed by atoms with Crippen LogP contribution in [0.15, 0.2) is 65.8 Å². The molecule has 51 heavy (non-hydrogen) atoms. The van der Waals surface area contributed by atoms with Crippen molar-refractivity contribution in [1.29, 1.82) is 0 Å². The van der Waals surface area contributed by atoms with Gasteiger partial charge in [0.25, 0.3) is 0 Å². The van der Waals surface area contributed by atoms with Crippen LogP contribution in [-0.2, 0) is 26.5 Å². The van der Waals surface area contributed by atoms with E-state index >= 15 is 0 Å². The van der Waals surface area contributed by atoms with Gasteiger partial charge in [0, 0.05) is 46.4 Å². The largest absolute Gasteiger partial charge is 0.490 e. The topological polar surface area (TPSA) is 182 Å². The molecule has 14 heteroatoms. The van der Waals surface area contributed by atoms with Crippen molar-refractivity contribution >= 4 is 29.3 Å². The van der Waals surface area contributed by atoms with Crippen molar-refractivity contribution in [2.24, 2.45) is 0 Å². The second kappa shape index (κ2) is 17.3. The minimum absolute atomic E-state index is 0.0776.